The number of aromatic nitrogens is 2. The second-order valence-corrected chi connectivity index (χ2v) is 4.34. The standard InChI is InChI=1S/C12H12N2O5/c1-17-9-4-2-8(3-5-9)14-10(11(15)19-13-14)12(16)6-18-7-12/h2-5,16H,6-7H2,1H3. The van der Waals surface area contributed by atoms with Crippen LogP contribution in [0.5, 0.6) is 11.7 Å². The zero-order valence-corrected chi connectivity index (χ0v) is 10.2. The van der Waals surface area contributed by atoms with E-state index >= 15 is 0 Å². The van der Waals surface area contributed by atoms with Crippen molar-refractivity contribution in [3.05, 3.63) is 30.0 Å². The van der Waals surface area contributed by atoms with E-state index in [0.29, 0.717) is 11.4 Å². The fourth-order valence-corrected chi connectivity index (χ4v) is 1.97. The molecule has 1 aliphatic heterocycles. The summed E-state index contributed by atoms with van der Waals surface area (Å²) in [4.78, 5) is 0. The number of benzene rings is 1. The minimum atomic E-state index is -1.34. The van der Waals surface area contributed by atoms with Crippen LogP contribution in [0.25, 0.3) is 5.69 Å². The summed E-state index contributed by atoms with van der Waals surface area (Å²) in [5.41, 5.74) is -0.664. The van der Waals surface area contributed by atoms with Crippen molar-refractivity contribution in [2.45, 2.75) is 5.60 Å². The molecule has 19 heavy (non-hydrogen) atoms. The van der Waals surface area contributed by atoms with E-state index in [-0.39, 0.29) is 18.9 Å². The number of rotatable bonds is 3. The second-order valence-electron chi connectivity index (χ2n) is 4.34. The van der Waals surface area contributed by atoms with Crippen LogP contribution in [0.4, 0.5) is 0 Å². The van der Waals surface area contributed by atoms with Gasteiger partial charge < -0.3 is 24.2 Å². The summed E-state index contributed by atoms with van der Waals surface area (Å²) in [6, 6.07) is 6.89. The maximum absolute atomic E-state index is 11.7. The molecule has 1 aliphatic rings. The summed E-state index contributed by atoms with van der Waals surface area (Å²) >= 11 is 0. The Morgan fingerprint density at radius 2 is 2.05 bits per heavy atom. The molecule has 100 valence electrons. The largest absolute Gasteiger partial charge is 0.539 e. The molecule has 1 aromatic heterocycles. The van der Waals surface area contributed by atoms with Crippen molar-refractivity contribution < 1.29 is 28.9 Å². The van der Waals surface area contributed by atoms with Gasteiger partial charge in [0.15, 0.2) is 5.95 Å². The molecule has 0 saturated carbocycles. The van der Waals surface area contributed by atoms with Crippen molar-refractivity contribution >= 4 is 0 Å². The zero-order valence-electron chi connectivity index (χ0n) is 10.2. The molecule has 0 radical (unpaired) electrons. The first kappa shape index (κ1) is 11.9. The Bertz CT molecular complexity index is 589. The lowest BCUT2D eigenvalue weighted by Crippen LogP contribution is -2.54. The van der Waals surface area contributed by atoms with Crippen LogP contribution >= 0.6 is 0 Å². The maximum Gasteiger partial charge on any atom is 0.276 e. The molecule has 0 atom stereocenters. The lowest BCUT2D eigenvalue weighted by molar-refractivity contribution is -0.686. The summed E-state index contributed by atoms with van der Waals surface area (Å²) < 4.78 is 15.9. The van der Waals surface area contributed by atoms with Crippen molar-refractivity contribution in [2.75, 3.05) is 20.3 Å². The molecular weight excluding hydrogens is 252 g/mol. The number of hydrogen-bond donors (Lipinski definition) is 1. The Labute approximate surface area is 108 Å². The van der Waals surface area contributed by atoms with Crippen LogP contribution in [0.1, 0.15) is 5.69 Å². The highest BCUT2D eigenvalue weighted by atomic mass is 16.6. The molecule has 0 aliphatic carbocycles. The number of nitrogens with zero attached hydrogens (tertiary/aromatic N) is 2. The fraction of sp³-hybridized carbons (Fsp3) is 0.333. The Hall–Kier alpha value is -2.12. The minimum absolute atomic E-state index is 0.0552. The van der Waals surface area contributed by atoms with Crippen molar-refractivity contribution in [1.82, 2.24) is 5.27 Å². The van der Waals surface area contributed by atoms with E-state index in [9.17, 15) is 10.2 Å². The van der Waals surface area contributed by atoms with Crippen LogP contribution in [0.15, 0.2) is 28.8 Å². The third-order valence-corrected chi connectivity index (χ3v) is 3.05. The quantitative estimate of drug-likeness (QED) is 0.733. The molecule has 0 spiro atoms. The molecule has 1 N–H and O–H groups in total. The van der Waals surface area contributed by atoms with Gasteiger partial charge in [0, 0.05) is 12.1 Å². The zero-order chi connectivity index (χ0) is 13.5. The molecule has 1 fully saturated rings. The number of hydrogen-bond acceptors (Lipinski definition) is 6. The third-order valence-electron chi connectivity index (χ3n) is 3.05. The van der Waals surface area contributed by atoms with Crippen LogP contribution in [0, 0.1) is 0 Å². The first-order valence-electron chi connectivity index (χ1n) is 5.68. The number of ether oxygens (including phenoxy) is 2. The van der Waals surface area contributed by atoms with E-state index in [0.717, 1.165) is 0 Å². The highest BCUT2D eigenvalue weighted by Gasteiger charge is 2.48. The molecule has 3 rings (SSSR count). The van der Waals surface area contributed by atoms with Crippen LogP contribution in [-0.4, -0.2) is 30.7 Å². The summed E-state index contributed by atoms with van der Waals surface area (Å²) in [5.74, 6) is 0.0176. The molecule has 2 aromatic rings. The molecule has 0 unspecified atom stereocenters. The molecule has 0 amide bonds. The van der Waals surface area contributed by atoms with Gasteiger partial charge in [-0.3, -0.25) is 0 Å². The third kappa shape index (κ3) is 1.83. The molecule has 2 heterocycles. The van der Waals surface area contributed by atoms with Crippen LogP contribution < -0.4 is 14.5 Å². The van der Waals surface area contributed by atoms with E-state index in [1.807, 2.05) is 0 Å². The summed E-state index contributed by atoms with van der Waals surface area (Å²) in [6.07, 6.45) is 0. The van der Waals surface area contributed by atoms with Gasteiger partial charge in [-0.1, -0.05) is 0 Å². The van der Waals surface area contributed by atoms with Gasteiger partial charge in [-0.15, -0.1) is 0 Å². The normalized spacial score (nSPS) is 16.9. The fourth-order valence-electron chi connectivity index (χ4n) is 1.97. The summed E-state index contributed by atoms with van der Waals surface area (Å²) in [7, 11) is 1.56. The van der Waals surface area contributed by atoms with Gasteiger partial charge in [-0.2, -0.15) is 0 Å². The molecule has 7 heteroatoms. The predicted octanol–water partition coefficient (Wildman–Crippen LogP) is -0.749. The van der Waals surface area contributed by atoms with Gasteiger partial charge in [0.2, 0.25) is 11.3 Å². The summed E-state index contributed by atoms with van der Waals surface area (Å²) in [6.45, 7) is 0.110. The van der Waals surface area contributed by atoms with Gasteiger partial charge in [-0.25, -0.2) is 0 Å². The topological polar surface area (TPSA) is 91.7 Å². The smallest absolute Gasteiger partial charge is 0.276 e. The molecule has 1 aromatic carbocycles. The lowest BCUT2D eigenvalue weighted by Gasteiger charge is -2.32. The monoisotopic (exact) mass is 264 g/mol. The Morgan fingerprint density at radius 1 is 1.37 bits per heavy atom. The predicted molar refractivity (Wildman–Crippen MR) is 58.7 cm³/mol. The SMILES string of the molecule is COc1ccc(-[n+]2noc([O-])c2C2(O)COC2)cc1. The first-order chi connectivity index (χ1) is 9.14. The van der Waals surface area contributed by atoms with Crippen molar-refractivity contribution in [2.24, 2.45) is 0 Å². The van der Waals surface area contributed by atoms with E-state index in [4.69, 9.17) is 9.47 Å². The Kier molecular flexibility index (Phi) is 2.65. The van der Waals surface area contributed by atoms with Crippen molar-refractivity contribution in [3.63, 3.8) is 0 Å². The lowest BCUT2D eigenvalue weighted by atomic mass is 9.98. The van der Waals surface area contributed by atoms with E-state index < -0.39 is 11.5 Å². The Balaban J connectivity index is 2.05. The van der Waals surface area contributed by atoms with E-state index in [1.54, 1.807) is 31.4 Å². The average Bonchev–Trinajstić information content (AvgIpc) is 2.78. The number of methoxy groups -OCH3 is 1. The van der Waals surface area contributed by atoms with Crippen LogP contribution in [0.3, 0.4) is 0 Å². The highest BCUT2D eigenvalue weighted by molar-refractivity contribution is 5.32. The van der Waals surface area contributed by atoms with Gasteiger partial charge in [-0.05, 0) is 16.8 Å². The maximum atomic E-state index is 11.7. The van der Waals surface area contributed by atoms with Crippen molar-refractivity contribution in [3.8, 4) is 17.4 Å². The molecular formula is C12H12N2O5. The molecule has 7 nitrogen and oxygen atoms in total. The first-order valence-corrected chi connectivity index (χ1v) is 5.68. The molecule has 0 bridgehead atoms. The van der Waals surface area contributed by atoms with Gasteiger partial charge >= 0.3 is 0 Å². The number of aliphatic hydroxyl groups is 1. The highest BCUT2D eigenvalue weighted by Crippen LogP contribution is 2.31. The Morgan fingerprint density at radius 3 is 2.58 bits per heavy atom. The second kappa shape index (κ2) is 4.22. The van der Waals surface area contributed by atoms with Crippen LogP contribution in [-0.2, 0) is 10.3 Å². The van der Waals surface area contributed by atoms with Gasteiger partial charge in [0.1, 0.15) is 5.75 Å². The van der Waals surface area contributed by atoms with Gasteiger partial charge in [0.05, 0.1) is 25.6 Å². The van der Waals surface area contributed by atoms with E-state index in [2.05, 4.69) is 9.79 Å². The van der Waals surface area contributed by atoms with Gasteiger partial charge in [0.25, 0.3) is 5.69 Å². The minimum Gasteiger partial charge on any atom is -0.539 e. The summed E-state index contributed by atoms with van der Waals surface area (Å²) in [5, 5.41) is 25.6. The van der Waals surface area contributed by atoms with Crippen molar-refractivity contribution in [1.29, 1.82) is 0 Å². The van der Waals surface area contributed by atoms with Crippen LogP contribution in [0.2, 0.25) is 0 Å². The average molecular weight is 264 g/mol. The van der Waals surface area contributed by atoms with E-state index in [1.165, 1.54) is 4.68 Å². The molecule has 1 saturated heterocycles.